The van der Waals surface area contributed by atoms with E-state index in [0.717, 1.165) is 16.7 Å². The summed E-state index contributed by atoms with van der Waals surface area (Å²) in [5.74, 6) is 0.668. The molecule has 0 aliphatic heterocycles. The number of rotatable bonds is 3. The Morgan fingerprint density at radius 3 is 2.67 bits per heavy atom. The molecule has 0 saturated heterocycles. The van der Waals surface area contributed by atoms with Crippen molar-refractivity contribution >= 4 is 12.5 Å². The molecule has 15 heavy (non-hydrogen) atoms. The van der Waals surface area contributed by atoms with E-state index in [2.05, 4.69) is 28.8 Å². The van der Waals surface area contributed by atoms with Gasteiger partial charge in [-0.2, -0.15) is 0 Å². The molecule has 0 spiro atoms. The zero-order valence-electron chi connectivity index (χ0n) is 8.40. The van der Waals surface area contributed by atoms with Crippen molar-refractivity contribution in [2.45, 2.75) is 6.54 Å². The van der Waals surface area contributed by atoms with E-state index in [9.17, 15) is 0 Å². The molecule has 2 rings (SSSR count). The lowest BCUT2D eigenvalue weighted by Crippen LogP contribution is -1.91. The quantitative estimate of drug-likeness (QED) is 0.733. The normalized spacial score (nSPS) is 10.1. The average Bonchev–Trinajstić information content (AvgIpc) is 2.63. The summed E-state index contributed by atoms with van der Waals surface area (Å²) in [4.78, 5) is 6.89. The van der Waals surface area contributed by atoms with Gasteiger partial charge in [0.2, 0.25) is 0 Å². The lowest BCUT2D eigenvalue weighted by atomic mass is 10.0. The summed E-state index contributed by atoms with van der Waals surface area (Å²) in [6.07, 6.45) is 1.91. The second-order valence-corrected chi connectivity index (χ2v) is 3.34. The third kappa shape index (κ3) is 1.76. The standard InChI is InChI=1S/C12H13N3/c1-14-7-11-10(8-15-12(11)13)9-5-3-2-4-6-9/h2-6,8,15H,1,7,13H2. The van der Waals surface area contributed by atoms with Crippen LogP contribution in [0.3, 0.4) is 0 Å². The van der Waals surface area contributed by atoms with Crippen LogP contribution in [0.4, 0.5) is 5.82 Å². The van der Waals surface area contributed by atoms with E-state index in [0.29, 0.717) is 12.4 Å². The van der Waals surface area contributed by atoms with Crippen LogP contribution in [0.2, 0.25) is 0 Å². The van der Waals surface area contributed by atoms with Gasteiger partial charge in [0.15, 0.2) is 0 Å². The van der Waals surface area contributed by atoms with Gasteiger partial charge in [0.05, 0.1) is 6.54 Å². The van der Waals surface area contributed by atoms with Gasteiger partial charge in [0.25, 0.3) is 0 Å². The van der Waals surface area contributed by atoms with Crippen LogP contribution in [0.1, 0.15) is 5.56 Å². The molecule has 1 heterocycles. The van der Waals surface area contributed by atoms with Crippen LogP contribution in [0.25, 0.3) is 11.1 Å². The monoisotopic (exact) mass is 199 g/mol. The molecule has 3 heteroatoms. The van der Waals surface area contributed by atoms with E-state index >= 15 is 0 Å². The van der Waals surface area contributed by atoms with E-state index in [1.807, 2.05) is 24.4 Å². The van der Waals surface area contributed by atoms with Crippen LogP contribution in [0.5, 0.6) is 0 Å². The van der Waals surface area contributed by atoms with Crippen LogP contribution in [-0.4, -0.2) is 11.7 Å². The van der Waals surface area contributed by atoms with Crippen molar-refractivity contribution in [2.24, 2.45) is 4.99 Å². The molecule has 0 saturated carbocycles. The van der Waals surface area contributed by atoms with Gasteiger partial charge in [0, 0.05) is 17.3 Å². The topological polar surface area (TPSA) is 54.2 Å². The highest BCUT2D eigenvalue weighted by atomic mass is 14.9. The summed E-state index contributed by atoms with van der Waals surface area (Å²) in [5.41, 5.74) is 9.07. The fourth-order valence-electron chi connectivity index (χ4n) is 1.63. The lowest BCUT2D eigenvalue weighted by molar-refractivity contribution is 1.09. The number of hydrogen-bond acceptors (Lipinski definition) is 2. The largest absolute Gasteiger partial charge is 0.385 e. The Morgan fingerprint density at radius 2 is 2.00 bits per heavy atom. The second-order valence-electron chi connectivity index (χ2n) is 3.34. The molecule has 3 nitrogen and oxygen atoms in total. The average molecular weight is 199 g/mol. The van der Waals surface area contributed by atoms with Gasteiger partial charge in [-0.15, -0.1) is 0 Å². The minimum atomic E-state index is 0.541. The zero-order valence-corrected chi connectivity index (χ0v) is 8.40. The molecule has 3 N–H and O–H groups in total. The van der Waals surface area contributed by atoms with Crippen molar-refractivity contribution in [3.8, 4) is 11.1 Å². The van der Waals surface area contributed by atoms with Crippen LogP contribution in [0, 0.1) is 0 Å². The predicted octanol–water partition coefficient (Wildman–Crippen LogP) is 2.46. The molecule has 1 aromatic carbocycles. The van der Waals surface area contributed by atoms with Crippen molar-refractivity contribution in [1.29, 1.82) is 0 Å². The number of nitrogens with two attached hydrogens (primary N) is 1. The van der Waals surface area contributed by atoms with Gasteiger partial charge in [-0.3, -0.25) is 4.99 Å². The summed E-state index contributed by atoms with van der Waals surface area (Å²) < 4.78 is 0. The highest BCUT2D eigenvalue weighted by Gasteiger charge is 2.09. The maximum absolute atomic E-state index is 5.82. The number of benzene rings is 1. The molecular weight excluding hydrogens is 186 g/mol. The number of nitrogens with zero attached hydrogens (tertiary/aromatic N) is 1. The number of aromatic amines is 1. The maximum Gasteiger partial charge on any atom is 0.106 e. The first kappa shape index (κ1) is 9.52. The molecule has 0 amide bonds. The highest BCUT2D eigenvalue weighted by Crippen LogP contribution is 2.27. The number of H-pyrrole nitrogens is 1. The Bertz CT molecular complexity index is 457. The van der Waals surface area contributed by atoms with E-state index in [1.165, 1.54) is 0 Å². The first-order valence-electron chi connectivity index (χ1n) is 4.76. The molecule has 0 unspecified atom stereocenters. The van der Waals surface area contributed by atoms with Crippen LogP contribution < -0.4 is 5.73 Å². The van der Waals surface area contributed by atoms with Gasteiger partial charge in [-0.25, -0.2) is 0 Å². The fraction of sp³-hybridized carbons (Fsp3) is 0.0833. The van der Waals surface area contributed by atoms with E-state index in [-0.39, 0.29) is 0 Å². The Kier molecular flexibility index (Phi) is 2.54. The molecule has 0 aliphatic rings. The first-order valence-corrected chi connectivity index (χ1v) is 4.76. The van der Waals surface area contributed by atoms with E-state index in [1.54, 1.807) is 0 Å². The zero-order chi connectivity index (χ0) is 10.7. The van der Waals surface area contributed by atoms with Crippen molar-refractivity contribution in [3.05, 3.63) is 42.1 Å². The maximum atomic E-state index is 5.82. The molecular formula is C12H13N3. The minimum Gasteiger partial charge on any atom is -0.385 e. The SMILES string of the molecule is C=NCc1c(-c2ccccc2)c[nH]c1N. The van der Waals surface area contributed by atoms with Gasteiger partial charge in [-0.1, -0.05) is 30.3 Å². The molecule has 76 valence electrons. The van der Waals surface area contributed by atoms with E-state index < -0.39 is 0 Å². The third-order valence-corrected chi connectivity index (χ3v) is 2.38. The van der Waals surface area contributed by atoms with Gasteiger partial charge < -0.3 is 10.7 Å². The molecule has 0 fully saturated rings. The Morgan fingerprint density at radius 1 is 1.27 bits per heavy atom. The third-order valence-electron chi connectivity index (χ3n) is 2.38. The number of nitrogens with one attached hydrogen (secondary N) is 1. The molecule has 1 aromatic heterocycles. The van der Waals surface area contributed by atoms with Gasteiger partial charge in [0.1, 0.15) is 5.82 Å². The van der Waals surface area contributed by atoms with Crippen molar-refractivity contribution < 1.29 is 0 Å². The number of aliphatic imine (C=N–C) groups is 1. The number of aromatic nitrogens is 1. The summed E-state index contributed by atoms with van der Waals surface area (Å²) in [6, 6.07) is 10.1. The Labute approximate surface area is 88.7 Å². The molecule has 0 atom stereocenters. The van der Waals surface area contributed by atoms with Crippen molar-refractivity contribution in [3.63, 3.8) is 0 Å². The lowest BCUT2D eigenvalue weighted by Gasteiger charge is -2.02. The fourth-order valence-corrected chi connectivity index (χ4v) is 1.63. The molecule has 0 aliphatic carbocycles. The molecule has 2 aromatic rings. The summed E-state index contributed by atoms with van der Waals surface area (Å²) >= 11 is 0. The van der Waals surface area contributed by atoms with Crippen LogP contribution in [0.15, 0.2) is 41.5 Å². The summed E-state index contributed by atoms with van der Waals surface area (Å²) in [7, 11) is 0. The number of nitrogen functional groups attached to an aromatic ring is 1. The summed E-state index contributed by atoms with van der Waals surface area (Å²) in [5, 5.41) is 0. The second kappa shape index (κ2) is 4.00. The van der Waals surface area contributed by atoms with Crippen LogP contribution in [-0.2, 0) is 6.54 Å². The highest BCUT2D eigenvalue weighted by molar-refractivity contribution is 5.72. The minimum absolute atomic E-state index is 0.541. The number of anilines is 1. The molecule has 0 radical (unpaired) electrons. The smallest absolute Gasteiger partial charge is 0.106 e. The van der Waals surface area contributed by atoms with Crippen LogP contribution >= 0.6 is 0 Å². The number of hydrogen-bond donors (Lipinski definition) is 2. The van der Waals surface area contributed by atoms with E-state index in [4.69, 9.17) is 5.73 Å². The molecule has 0 bridgehead atoms. The van der Waals surface area contributed by atoms with Gasteiger partial charge >= 0.3 is 0 Å². The Balaban J connectivity index is 2.49. The Hall–Kier alpha value is -2.03. The van der Waals surface area contributed by atoms with Gasteiger partial charge in [-0.05, 0) is 12.3 Å². The van der Waals surface area contributed by atoms with Crippen molar-refractivity contribution in [2.75, 3.05) is 5.73 Å². The van der Waals surface area contributed by atoms with Crippen molar-refractivity contribution in [1.82, 2.24) is 4.98 Å². The first-order chi connectivity index (χ1) is 7.33. The summed E-state index contributed by atoms with van der Waals surface area (Å²) in [6.45, 7) is 4.03. The predicted molar refractivity (Wildman–Crippen MR) is 63.9 cm³/mol.